The number of carbonyl (C=O) groups excluding carboxylic acids is 3. The molecule has 1 fully saturated rings. The summed E-state index contributed by atoms with van der Waals surface area (Å²) in [6.45, 7) is 7.49. The van der Waals surface area contributed by atoms with Crippen molar-refractivity contribution >= 4 is 17.8 Å². The molecule has 4 atom stereocenters. The second kappa shape index (κ2) is 13.4. The van der Waals surface area contributed by atoms with Crippen LogP contribution in [0.3, 0.4) is 0 Å². The van der Waals surface area contributed by atoms with Gasteiger partial charge < -0.3 is 20.2 Å². The van der Waals surface area contributed by atoms with Gasteiger partial charge in [-0.15, -0.1) is 0 Å². The molecule has 0 bridgehead atoms. The number of halogens is 1. The molecule has 4 N–H and O–H groups in total. The number of benzene rings is 3. The van der Waals surface area contributed by atoms with Crippen molar-refractivity contribution in [1.29, 1.82) is 0 Å². The zero-order valence-corrected chi connectivity index (χ0v) is 25.1. The van der Waals surface area contributed by atoms with Crippen LogP contribution in [0, 0.1) is 22.6 Å². The first-order chi connectivity index (χ1) is 20.4. The lowest BCUT2D eigenvalue weighted by Gasteiger charge is -2.33. The summed E-state index contributed by atoms with van der Waals surface area (Å²) in [6, 6.07) is 22.2. The quantitative estimate of drug-likeness (QED) is 0.231. The Labute approximate surface area is 252 Å². The van der Waals surface area contributed by atoms with Gasteiger partial charge in [-0.2, -0.15) is 5.90 Å². The standard InChI is InChI=1S/C34H40FN3O5/c1-22(24-11-7-5-8-12-24)37-31(40)30(33(2,3)4)38-32(41)34(21-29(39)43-36)20-25(34)17-15-23-16-18-28(27(35)19-23)42-26-13-9-6-10-14-26/h5-14,16,18-19,22,25,30H,15,17,20-21,36H2,1-4H3,(H,37,40)(H,38,41)/t22-,25?,30-,34?/m1/s1. The van der Waals surface area contributed by atoms with Crippen molar-refractivity contribution in [3.63, 3.8) is 0 Å². The topological polar surface area (TPSA) is 120 Å². The molecule has 0 spiro atoms. The summed E-state index contributed by atoms with van der Waals surface area (Å²) in [5.74, 6) is 3.69. The van der Waals surface area contributed by atoms with Crippen LogP contribution in [-0.2, 0) is 25.6 Å². The van der Waals surface area contributed by atoms with Crippen LogP contribution in [0.15, 0.2) is 78.9 Å². The highest BCUT2D eigenvalue weighted by molar-refractivity contribution is 5.94. The number of ether oxygens (including phenoxy) is 1. The summed E-state index contributed by atoms with van der Waals surface area (Å²) in [6.07, 6.45) is 1.22. The van der Waals surface area contributed by atoms with E-state index < -0.39 is 34.6 Å². The first-order valence-corrected chi connectivity index (χ1v) is 14.5. The van der Waals surface area contributed by atoms with E-state index in [2.05, 4.69) is 15.5 Å². The second-order valence-electron chi connectivity index (χ2n) is 12.4. The van der Waals surface area contributed by atoms with Gasteiger partial charge in [-0.1, -0.05) is 75.4 Å². The molecular weight excluding hydrogens is 549 g/mol. The Bertz CT molecular complexity index is 1430. The Morgan fingerprint density at radius 3 is 2.26 bits per heavy atom. The van der Waals surface area contributed by atoms with Gasteiger partial charge in [0.05, 0.1) is 17.9 Å². The molecule has 43 heavy (non-hydrogen) atoms. The zero-order chi connectivity index (χ0) is 31.2. The van der Waals surface area contributed by atoms with Crippen molar-refractivity contribution in [3.8, 4) is 11.5 Å². The van der Waals surface area contributed by atoms with Crippen molar-refractivity contribution in [2.45, 2.75) is 65.5 Å². The van der Waals surface area contributed by atoms with Crippen LogP contribution in [0.1, 0.15) is 64.1 Å². The van der Waals surface area contributed by atoms with Gasteiger partial charge in [0, 0.05) is 0 Å². The van der Waals surface area contributed by atoms with E-state index in [-0.39, 0.29) is 30.0 Å². The third-order valence-corrected chi connectivity index (χ3v) is 8.09. The maximum Gasteiger partial charge on any atom is 0.325 e. The molecular formula is C34H40FN3O5. The van der Waals surface area contributed by atoms with Crippen LogP contribution in [0.2, 0.25) is 0 Å². The molecule has 1 saturated carbocycles. The number of hydrogen-bond acceptors (Lipinski definition) is 6. The van der Waals surface area contributed by atoms with Crippen LogP contribution in [0.4, 0.5) is 4.39 Å². The van der Waals surface area contributed by atoms with E-state index in [0.717, 1.165) is 11.1 Å². The lowest BCUT2D eigenvalue weighted by molar-refractivity contribution is -0.149. The van der Waals surface area contributed by atoms with Crippen LogP contribution in [-0.4, -0.2) is 23.8 Å². The van der Waals surface area contributed by atoms with Crippen LogP contribution >= 0.6 is 0 Å². The second-order valence-corrected chi connectivity index (χ2v) is 12.4. The van der Waals surface area contributed by atoms with Gasteiger partial charge in [-0.3, -0.25) is 14.4 Å². The van der Waals surface area contributed by atoms with Crippen LogP contribution in [0.5, 0.6) is 11.5 Å². The number of nitrogens with one attached hydrogen (secondary N) is 2. The van der Waals surface area contributed by atoms with E-state index in [1.807, 2.05) is 76.2 Å². The third-order valence-electron chi connectivity index (χ3n) is 8.09. The molecule has 0 heterocycles. The molecule has 2 unspecified atom stereocenters. The Morgan fingerprint density at radius 1 is 1.00 bits per heavy atom. The van der Waals surface area contributed by atoms with Crippen molar-refractivity contribution < 1.29 is 28.3 Å². The average Bonchev–Trinajstić information content (AvgIpc) is 3.69. The number of nitrogens with two attached hydrogens (primary N) is 1. The summed E-state index contributed by atoms with van der Waals surface area (Å²) < 4.78 is 20.4. The molecule has 8 nitrogen and oxygen atoms in total. The Hall–Kier alpha value is -4.24. The lowest BCUT2D eigenvalue weighted by Crippen LogP contribution is -2.55. The predicted octanol–water partition coefficient (Wildman–Crippen LogP) is 5.77. The highest BCUT2D eigenvalue weighted by Crippen LogP contribution is 2.58. The highest BCUT2D eigenvalue weighted by atomic mass is 19.1. The Balaban J connectivity index is 1.43. The minimum atomic E-state index is -1.07. The summed E-state index contributed by atoms with van der Waals surface area (Å²) in [5.41, 5.74) is -0.00471. The molecule has 0 radical (unpaired) electrons. The van der Waals surface area contributed by atoms with E-state index in [1.165, 1.54) is 6.07 Å². The molecule has 0 aliphatic heterocycles. The van der Waals surface area contributed by atoms with E-state index >= 15 is 0 Å². The summed E-state index contributed by atoms with van der Waals surface area (Å²) in [4.78, 5) is 43.9. The maximum absolute atomic E-state index is 14.8. The number of aryl methyl sites for hydroxylation is 1. The molecule has 0 aromatic heterocycles. The number of carbonyl (C=O) groups is 3. The lowest BCUT2D eigenvalue weighted by atomic mass is 9.84. The van der Waals surface area contributed by atoms with Crippen molar-refractivity contribution in [2.75, 3.05) is 0 Å². The highest BCUT2D eigenvalue weighted by Gasteiger charge is 2.61. The minimum Gasteiger partial charge on any atom is -0.454 e. The normalized spacial score (nSPS) is 19.1. The van der Waals surface area contributed by atoms with Crippen LogP contribution in [0.25, 0.3) is 0 Å². The molecule has 4 rings (SSSR count). The molecule has 0 saturated heterocycles. The Morgan fingerprint density at radius 2 is 1.65 bits per heavy atom. The zero-order valence-electron chi connectivity index (χ0n) is 25.1. The van der Waals surface area contributed by atoms with E-state index in [0.29, 0.717) is 25.0 Å². The summed E-state index contributed by atoms with van der Waals surface area (Å²) >= 11 is 0. The first kappa shape index (κ1) is 31.7. The largest absolute Gasteiger partial charge is 0.454 e. The Kier molecular flexibility index (Phi) is 9.86. The van der Waals surface area contributed by atoms with Gasteiger partial charge in [0.2, 0.25) is 11.8 Å². The van der Waals surface area contributed by atoms with Gasteiger partial charge in [-0.05, 0) is 72.9 Å². The van der Waals surface area contributed by atoms with Gasteiger partial charge in [0.15, 0.2) is 11.6 Å². The first-order valence-electron chi connectivity index (χ1n) is 14.5. The summed E-state index contributed by atoms with van der Waals surface area (Å²) in [5, 5.41) is 5.94. The number of para-hydroxylation sites is 1. The minimum absolute atomic E-state index is 0.119. The smallest absolute Gasteiger partial charge is 0.325 e. The van der Waals surface area contributed by atoms with Gasteiger partial charge >= 0.3 is 5.97 Å². The molecule has 1 aliphatic carbocycles. The molecule has 3 aromatic rings. The number of hydrogen-bond donors (Lipinski definition) is 3. The molecule has 228 valence electrons. The van der Waals surface area contributed by atoms with E-state index in [9.17, 15) is 18.8 Å². The van der Waals surface area contributed by atoms with Gasteiger partial charge in [-0.25, -0.2) is 4.39 Å². The predicted molar refractivity (Wildman–Crippen MR) is 161 cm³/mol. The number of rotatable bonds is 12. The fraction of sp³-hybridized carbons (Fsp3) is 0.382. The molecule has 3 aromatic carbocycles. The summed E-state index contributed by atoms with van der Waals surface area (Å²) in [7, 11) is 0. The monoisotopic (exact) mass is 589 g/mol. The van der Waals surface area contributed by atoms with E-state index in [4.69, 9.17) is 10.6 Å². The maximum atomic E-state index is 14.8. The third kappa shape index (κ3) is 7.99. The van der Waals surface area contributed by atoms with Crippen molar-refractivity contribution in [2.24, 2.45) is 22.6 Å². The van der Waals surface area contributed by atoms with Crippen molar-refractivity contribution in [3.05, 3.63) is 95.8 Å². The van der Waals surface area contributed by atoms with Crippen LogP contribution < -0.4 is 21.3 Å². The van der Waals surface area contributed by atoms with Gasteiger partial charge in [0.1, 0.15) is 11.8 Å². The fourth-order valence-electron chi connectivity index (χ4n) is 5.44. The molecule has 1 aliphatic rings. The van der Waals surface area contributed by atoms with Gasteiger partial charge in [0.25, 0.3) is 0 Å². The molecule has 2 amide bonds. The molecule has 9 heteroatoms. The van der Waals surface area contributed by atoms with Crippen molar-refractivity contribution in [1.82, 2.24) is 10.6 Å². The number of amides is 2. The SMILES string of the molecule is C[C@@H](NC(=O)[C@@H](NC(=O)C1(CC(=O)ON)CC1CCc1ccc(Oc2ccccc2)c(F)c1)C(C)(C)C)c1ccccc1. The van der Waals surface area contributed by atoms with E-state index in [1.54, 1.807) is 24.3 Å². The average molecular weight is 590 g/mol. The fourth-order valence-corrected chi connectivity index (χ4v) is 5.44.